The summed E-state index contributed by atoms with van der Waals surface area (Å²) in [6.07, 6.45) is 1.87. The fraction of sp³-hybridized carbons (Fsp3) is 0.429. The monoisotopic (exact) mass is 326 g/mol. The van der Waals surface area contributed by atoms with E-state index in [-0.39, 0.29) is 11.8 Å². The van der Waals surface area contributed by atoms with E-state index in [2.05, 4.69) is 32.7 Å². The molecule has 1 fully saturated rings. The molecule has 0 bridgehead atoms. The summed E-state index contributed by atoms with van der Waals surface area (Å²) in [4.78, 5) is 2.29. The number of nitrogens with one attached hydrogen (secondary N) is 1. The molecule has 4 nitrogen and oxygen atoms in total. The van der Waals surface area contributed by atoms with Crippen LogP contribution in [0.4, 0.5) is 0 Å². The highest BCUT2D eigenvalue weighted by molar-refractivity contribution is 9.10. The number of benzene rings is 1. The second-order valence-corrected chi connectivity index (χ2v) is 5.33. The van der Waals surface area contributed by atoms with E-state index in [0.717, 1.165) is 36.2 Å². The fourth-order valence-corrected chi connectivity index (χ4v) is 2.97. The van der Waals surface area contributed by atoms with Crippen molar-refractivity contribution in [3.8, 4) is 11.5 Å². The Hall–Kier alpha value is -1.04. The predicted molar refractivity (Wildman–Crippen MR) is 79.7 cm³/mol. The van der Waals surface area contributed by atoms with Gasteiger partial charge in [0.25, 0.3) is 0 Å². The van der Waals surface area contributed by atoms with Gasteiger partial charge in [0.15, 0.2) is 11.5 Å². The molecule has 104 valence electrons. The second-order valence-electron chi connectivity index (χ2n) is 4.48. The normalized spacial score (nSPS) is 18.0. The van der Waals surface area contributed by atoms with Gasteiger partial charge < -0.3 is 15.2 Å². The van der Waals surface area contributed by atoms with Crippen LogP contribution in [-0.2, 0) is 0 Å². The molecule has 0 spiro atoms. The Morgan fingerprint density at radius 1 is 1.47 bits per heavy atom. The predicted octanol–water partition coefficient (Wildman–Crippen LogP) is 2.30. The van der Waals surface area contributed by atoms with E-state index in [9.17, 15) is 5.11 Å². The number of rotatable bonds is 4. The summed E-state index contributed by atoms with van der Waals surface area (Å²) in [6.45, 7) is 7.68. The van der Waals surface area contributed by atoms with E-state index >= 15 is 0 Å². The van der Waals surface area contributed by atoms with Gasteiger partial charge in [-0.3, -0.25) is 4.90 Å². The Balaban J connectivity index is 2.39. The number of hydrogen-bond donors (Lipinski definition) is 2. The van der Waals surface area contributed by atoms with Crippen molar-refractivity contribution < 1.29 is 9.84 Å². The molecule has 1 heterocycles. The molecular formula is C14H19BrN2O2. The summed E-state index contributed by atoms with van der Waals surface area (Å²) < 4.78 is 6.06. The Morgan fingerprint density at radius 2 is 2.16 bits per heavy atom. The van der Waals surface area contributed by atoms with Crippen LogP contribution in [0.5, 0.6) is 11.5 Å². The first-order valence-electron chi connectivity index (χ1n) is 6.31. The number of ether oxygens (including phenoxy) is 1. The first-order valence-corrected chi connectivity index (χ1v) is 7.11. The summed E-state index contributed by atoms with van der Waals surface area (Å²) in [5.74, 6) is 0.667. The highest BCUT2D eigenvalue weighted by atomic mass is 79.9. The second kappa shape index (κ2) is 6.41. The van der Waals surface area contributed by atoms with Crippen LogP contribution in [0.15, 0.2) is 29.3 Å². The Morgan fingerprint density at radius 3 is 2.74 bits per heavy atom. The lowest BCUT2D eigenvalue weighted by atomic mass is 10.0. The van der Waals surface area contributed by atoms with Gasteiger partial charge in [0, 0.05) is 36.2 Å². The molecule has 1 aromatic carbocycles. The average Bonchev–Trinajstić information content (AvgIpc) is 2.44. The van der Waals surface area contributed by atoms with Gasteiger partial charge in [0.2, 0.25) is 0 Å². The van der Waals surface area contributed by atoms with E-state index in [1.165, 1.54) is 0 Å². The van der Waals surface area contributed by atoms with Crippen LogP contribution in [0.25, 0.3) is 0 Å². The zero-order valence-electron chi connectivity index (χ0n) is 11.0. The lowest BCUT2D eigenvalue weighted by Gasteiger charge is -2.34. The maximum Gasteiger partial charge on any atom is 0.164 e. The van der Waals surface area contributed by atoms with Crippen LogP contribution in [0.1, 0.15) is 11.6 Å². The van der Waals surface area contributed by atoms with Crippen LogP contribution >= 0.6 is 15.9 Å². The van der Waals surface area contributed by atoms with Crippen molar-refractivity contribution in [3.05, 3.63) is 34.8 Å². The largest absolute Gasteiger partial charge is 0.504 e. The summed E-state index contributed by atoms with van der Waals surface area (Å²) in [5, 5.41) is 13.7. The number of piperazine rings is 1. The summed E-state index contributed by atoms with van der Waals surface area (Å²) in [6, 6.07) is 3.62. The van der Waals surface area contributed by atoms with E-state index in [1.807, 2.05) is 12.1 Å². The molecule has 2 rings (SSSR count). The van der Waals surface area contributed by atoms with Crippen molar-refractivity contribution >= 4 is 15.9 Å². The van der Waals surface area contributed by atoms with Gasteiger partial charge in [-0.25, -0.2) is 0 Å². The third kappa shape index (κ3) is 2.94. The average molecular weight is 327 g/mol. The topological polar surface area (TPSA) is 44.7 Å². The molecule has 2 N–H and O–H groups in total. The lowest BCUT2D eigenvalue weighted by molar-refractivity contribution is 0.199. The van der Waals surface area contributed by atoms with Crippen molar-refractivity contribution in [1.29, 1.82) is 0 Å². The fourth-order valence-electron chi connectivity index (χ4n) is 2.42. The molecule has 1 aliphatic heterocycles. The number of phenolic OH excluding ortho intramolecular Hbond substituents is 1. The molecule has 1 atom stereocenters. The van der Waals surface area contributed by atoms with Gasteiger partial charge >= 0.3 is 0 Å². The zero-order valence-corrected chi connectivity index (χ0v) is 12.6. The van der Waals surface area contributed by atoms with E-state index < -0.39 is 0 Å². The molecule has 0 aliphatic carbocycles. The summed E-state index contributed by atoms with van der Waals surface area (Å²) in [5.41, 5.74) is 0.816. The van der Waals surface area contributed by atoms with Crippen molar-refractivity contribution in [2.75, 3.05) is 33.3 Å². The zero-order chi connectivity index (χ0) is 13.8. The molecule has 1 aliphatic rings. The van der Waals surface area contributed by atoms with E-state index in [0.29, 0.717) is 5.75 Å². The lowest BCUT2D eigenvalue weighted by Crippen LogP contribution is -2.44. The number of methoxy groups -OCH3 is 1. The van der Waals surface area contributed by atoms with Crippen LogP contribution in [0.3, 0.4) is 0 Å². The maximum atomic E-state index is 10.4. The minimum Gasteiger partial charge on any atom is -0.504 e. The van der Waals surface area contributed by atoms with Gasteiger partial charge in [-0.2, -0.15) is 0 Å². The maximum absolute atomic E-state index is 10.4. The molecule has 1 aromatic rings. The van der Waals surface area contributed by atoms with E-state index in [4.69, 9.17) is 4.74 Å². The van der Waals surface area contributed by atoms with Crippen LogP contribution in [-0.4, -0.2) is 43.3 Å². The van der Waals surface area contributed by atoms with Crippen molar-refractivity contribution in [2.45, 2.75) is 6.04 Å². The first-order chi connectivity index (χ1) is 9.19. The molecule has 0 aromatic heterocycles. The van der Waals surface area contributed by atoms with Crippen LogP contribution in [0, 0.1) is 0 Å². The molecule has 0 radical (unpaired) electrons. The molecule has 5 heteroatoms. The molecule has 0 unspecified atom stereocenters. The summed E-state index contributed by atoms with van der Waals surface area (Å²) >= 11 is 3.51. The van der Waals surface area contributed by atoms with Crippen LogP contribution < -0.4 is 10.1 Å². The minimum atomic E-state index is -0.0217. The molecule has 19 heavy (non-hydrogen) atoms. The van der Waals surface area contributed by atoms with Crippen molar-refractivity contribution in [1.82, 2.24) is 10.2 Å². The van der Waals surface area contributed by atoms with Gasteiger partial charge in [-0.1, -0.05) is 22.0 Å². The van der Waals surface area contributed by atoms with Crippen molar-refractivity contribution in [3.63, 3.8) is 0 Å². The van der Waals surface area contributed by atoms with Gasteiger partial charge in [-0.05, 0) is 12.1 Å². The SMILES string of the molecule is C=C[C@H](c1c(Br)ccc(OC)c1O)N1CCNCC1. The number of phenols is 1. The number of halogens is 1. The number of nitrogens with zero attached hydrogens (tertiary/aromatic N) is 1. The quantitative estimate of drug-likeness (QED) is 0.833. The van der Waals surface area contributed by atoms with Gasteiger partial charge in [0.1, 0.15) is 0 Å². The van der Waals surface area contributed by atoms with Gasteiger partial charge in [-0.15, -0.1) is 6.58 Å². The van der Waals surface area contributed by atoms with Crippen molar-refractivity contribution in [2.24, 2.45) is 0 Å². The Bertz CT molecular complexity index is 459. The number of aromatic hydroxyl groups is 1. The smallest absolute Gasteiger partial charge is 0.164 e. The third-order valence-corrected chi connectivity index (χ3v) is 4.10. The first kappa shape index (κ1) is 14.4. The summed E-state index contributed by atoms with van der Waals surface area (Å²) in [7, 11) is 1.56. The highest BCUT2D eigenvalue weighted by Crippen LogP contribution is 2.41. The molecule has 1 saturated heterocycles. The van der Waals surface area contributed by atoms with E-state index in [1.54, 1.807) is 13.2 Å². The van der Waals surface area contributed by atoms with Crippen LogP contribution in [0.2, 0.25) is 0 Å². The number of hydrogen-bond acceptors (Lipinski definition) is 4. The molecule has 0 saturated carbocycles. The Labute approximate surface area is 122 Å². The third-order valence-electron chi connectivity index (χ3n) is 3.41. The minimum absolute atomic E-state index is 0.0217. The highest BCUT2D eigenvalue weighted by Gasteiger charge is 2.25. The molecule has 0 amide bonds. The Kier molecular flexibility index (Phi) is 4.85. The van der Waals surface area contributed by atoms with Gasteiger partial charge in [0.05, 0.1) is 13.2 Å². The standard InChI is InChI=1S/C14H19BrN2O2/c1-3-11(17-8-6-16-7-9-17)13-10(15)4-5-12(19-2)14(13)18/h3-5,11,16,18H,1,6-9H2,2H3/t11-/m1/s1. The molecular weight excluding hydrogens is 308 g/mol.